The average molecular weight is 310 g/mol. The smallest absolute Gasteiger partial charge is 0.261 e. The number of hydrogen-bond donors (Lipinski definition) is 2. The van der Waals surface area contributed by atoms with Crippen LogP contribution in [0.5, 0.6) is 0 Å². The number of benzene rings is 2. The Balaban J connectivity index is 0.00000127. The Morgan fingerprint density at radius 3 is 2.04 bits per heavy atom. The third-order valence-electron chi connectivity index (χ3n) is 2.93. The molecule has 0 radical (unpaired) electrons. The summed E-state index contributed by atoms with van der Waals surface area (Å²) in [5.41, 5.74) is 7.68. The summed E-state index contributed by atoms with van der Waals surface area (Å²) in [5, 5.41) is 2.65. The highest BCUT2D eigenvalue weighted by atomic mass is 16.2. The monoisotopic (exact) mass is 310 g/mol. The molecule has 4 heteroatoms. The van der Waals surface area contributed by atoms with Crippen LogP contribution in [0.4, 0.5) is 5.69 Å². The maximum atomic E-state index is 12.1. The van der Waals surface area contributed by atoms with Crippen molar-refractivity contribution in [1.82, 2.24) is 0 Å². The lowest BCUT2D eigenvalue weighted by Gasteiger charge is -2.06. The summed E-state index contributed by atoms with van der Waals surface area (Å²) in [7, 11) is 0. The molecule has 0 aromatic heterocycles. The summed E-state index contributed by atoms with van der Waals surface area (Å²) in [4.78, 5) is 23.6. The molecule has 0 unspecified atom stereocenters. The van der Waals surface area contributed by atoms with Crippen molar-refractivity contribution in [2.75, 3.05) is 5.32 Å². The molecule has 0 heterocycles. The lowest BCUT2D eigenvalue weighted by molar-refractivity contribution is -0.119. The van der Waals surface area contributed by atoms with E-state index in [0.717, 1.165) is 11.1 Å². The van der Waals surface area contributed by atoms with Crippen LogP contribution in [0.2, 0.25) is 0 Å². The van der Waals surface area contributed by atoms with E-state index < -0.39 is 11.8 Å². The van der Waals surface area contributed by atoms with Crippen molar-refractivity contribution in [2.45, 2.75) is 20.8 Å². The van der Waals surface area contributed by atoms with Crippen LogP contribution in [0.25, 0.3) is 6.08 Å². The zero-order valence-corrected chi connectivity index (χ0v) is 13.7. The number of nitrogens with one attached hydrogen (secondary N) is 1. The van der Waals surface area contributed by atoms with Crippen LogP contribution in [0.3, 0.4) is 0 Å². The van der Waals surface area contributed by atoms with E-state index in [2.05, 4.69) is 5.32 Å². The standard InChI is InChI=1S/C17H16N2O2.C2H6/c1-12-7-9-13(10-8-12)11-15(16(18)20)17(21)19-14-5-3-2-4-6-14;1-2/h2-11H,1H3,(H2,18,20)(H,19,21);1-2H3/b15-11+;. The van der Waals surface area contributed by atoms with Gasteiger partial charge >= 0.3 is 0 Å². The van der Waals surface area contributed by atoms with Gasteiger partial charge in [0.1, 0.15) is 5.57 Å². The van der Waals surface area contributed by atoms with E-state index in [-0.39, 0.29) is 5.57 Å². The van der Waals surface area contributed by atoms with Crippen LogP contribution >= 0.6 is 0 Å². The molecule has 4 nitrogen and oxygen atoms in total. The minimum absolute atomic E-state index is 0.0808. The van der Waals surface area contributed by atoms with Gasteiger partial charge in [0.2, 0.25) is 0 Å². The minimum atomic E-state index is -0.760. The van der Waals surface area contributed by atoms with Crippen LogP contribution in [-0.4, -0.2) is 11.8 Å². The van der Waals surface area contributed by atoms with Gasteiger partial charge in [-0.05, 0) is 30.7 Å². The van der Waals surface area contributed by atoms with E-state index >= 15 is 0 Å². The van der Waals surface area contributed by atoms with E-state index in [1.54, 1.807) is 24.3 Å². The Morgan fingerprint density at radius 1 is 0.957 bits per heavy atom. The number of rotatable bonds is 4. The van der Waals surface area contributed by atoms with E-state index in [1.807, 2.05) is 51.1 Å². The van der Waals surface area contributed by atoms with E-state index in [4.69, 9.17) is 5.73 Å². The number of amides is 2. The highest BCUT2D eigenvalue weighted by Gasteiger charge is 2.15. The Kier molecular flexibility index (Phi) is 7.27. The van der Waals surface area contributed by atoms with Crippen LogP contribution in [0.15, 0.2) is 60.2 Å². The molecule has 0 fully saturated rings. The highest BCUT2D eigenvalue weighted by Crippen LogP contribution is 2.12. The molecule has 3 N–H and O–H groups in total. The zero-order valence-electron chi connectivity index (χ0n) is 13.7. The molecule has 120 valence electrons. The summed E-state index contributed by atoms with van der Waals surface area (Å²) in [6.45, 7) is 5.96. The fourth-order valence-electron chi connectivity index (χ4n) is 1.80. The third-order valence-corrected chi connectivity index (χ3v) is 2.93. The number of primary amides is 1. The van der Waals surface area contributed by atoms with E-state index in [1.165, 1.54) is 6.08 Å². The van der Waals surface area contributed by atoms with Gasteiger partial charge < -0.3 is 11.1 Å². The molecule has 0 spiro atoms. The molecule has 23 heavy (non-hydrogen) atoms. The van der Waals surface area contributed by atoms with Crippen molar-refractivity contribution in [3.05, 3.63) is 71.3 Å². The molecule has 2 aromatic carbocycles. The fraction of sp³-hybridized carbons (Fsp3) is 0.158. The number of aryl methyl sites for hydroxylation is 1. The zero-order chi connectivity index (χ0) is 17.2. The first kappa shape index (κ1) is 18.2. The van der Waals surface area contributed by atoms with Gasteiger partial charge in [-0.1, -0.05) is 61.9 Å². The van der Waals surface area contributed by atoms with Gasteiger partial charge in [0.15, 0.2) is 0 Å². The van der Waals surface area contributed by atoms with Gasteiger partial charge in [-0.3, -0.25) is 9.59 Å². The summed E-state index contributed by atoms with van der Waals surface area (Å²) in [6.07, 6.45) is 1.49. The molecule has 0 aliphatic heterocycles. The first-order valence-electron chi connectivity index (χ1n) is 7.51. The number of para-hydroxylation sites is 1. The SMILES string of the molecule is CC.Cc1ccc(/C=C(\C(N)=O)C(=O)Nc2ccccc2)cc1. The normalized spacial score (nSPS) is 10.3. The van der Waals surface area contributed by atoms with Crippen molar-refractivity contribution < 1.29 is 9.59 Å². The van der Waals surface area contributed by atoms with E-state index in [0.29, 0.717) is 5.69 Å². The first-order chi connectivity index (χ1) is 11.1. The van der Waals surface area contributed by atoms with Gasteiger partial charge in [0.25, 0.3) is 11.8 Å². The summed E-state index contributed by atoms with van der Waals surface area (Å²) in [5.74, 6) is -1.28. The summed E-state index contributed by atoms with van der Waals surface area (Å²) in [6, 6.07) is 16.4. The van der Waals surface area contributed by atoms with Crippen LogP contribution < -0.4 is 11.1 Å². The number of anilines is 1. The molecule has 2 rings (SSSR count). The second kappa shape index (κ2) is 9.20. The van der Waals surface area contributed by atoms with Gasteiger partial charge in [0, 0.05) is 5.69 Å². The molecule has 2 amide bonds. The number of nitrogens with two attached hydrogens (primary N) is 1. The maximum Gasteiger partial charge on any atom is 0.261 e. The molecule has 2 aromatic rings. The second-order valence-electron chi connectivity index (χ2n) is 4.65. The molecule has 0 bridgehead atoms. The van der Waals surface area contributed by atoms with E-state index in [9.17, 15) is 9.59 Å². The lowest BCUT2D eigenvalue weighted by atomic mass is 10.1. The van der Waals surface area contributed by atoms with Crippen LogP contribution in [-0.2, 0) is 9.59 Å². The second-order valence-corrected chi connectivity index (χ2v) is 4.65. The Bertz CT molecular complexity index is 674. The van der Waals surface area contributed by atoms with Crippen molar-refractivity contribution in [3.63, 3.8) is 0 Å². The predicted octanol–water partition coefficient (Wildman–Crippen LogP) is 3.53. The third kappa shape index (κ3) is 5.79. The van der Waals surface area contributed by atoms with Gasteiger partial charge in [-0.15, -0.1) is 0 Å². The largest absolute Gasteiger partial charge is 0.365 e. The van der Waals surface area contributed by atoms with Crippen molar-refractivity contribution in [2.24, 2.45) is 5.73 Å². The molecule has 0 aliphatic carbocycles. The van der Waals surface area contributed by atoms with Gasteiger partial charge in [0.05, 0.1) is 0 Å². The molecule has 0 aliphatic rings. The summed E-state index contributed by atoms with van der Waals surface area (Å²) >= 11 is 0. The molecule has 0 saturated carbocycles. The van der Waals surface area contributed by atoms with Crippen molar-refractivity contribution in [3.8, 4) is 0 Å². The van der Waals surface area contributed by atoms with Crippen molar-refractivity contribution in [1.29, 1.82) is 0 Å². The average Bonchev–Trinajstić information content (AvgIpc) is 2.56. The number of carbonyl (C=O) groups is 2. The van der Waals surface area contributed by atoms with Crippen LogP contribution in [0, 0.1) is 6.92 Å². The van der Waals surface area contributed by atoms with Crippen LogP contribution in [0.1, 0.15) is 25.0 Å². The quantitative estimate of drug-likeness (QED) is 0.515. The molecular formula is C19H22N2O2. The Labute approximate surface area is 137 Å². The van der Waals surface area contributed by atoms with Gasteiger partial charge in [-0.2, -0.15) is 0 Å². The number of carbonyl (C=O) groups excluding carboxylic acids is 2. The summed E-state index contributed by atoms with van der Waals surface area (Å²) < 4.78 is 0. The van der Waals surface area contributed by atoms with Gasteiger partial charge in [-0.25, -0.2) is 0 Å². The van der Waals surface area contributed by atoms with Crippen molar-refractivity contribution >= 4 is 23.6 Å². The maximum absolute atomic E-state index is 12.1. The Hall–Kier alpha value is -2.88. The molecular weight excluding hydrogens is 288 g/mol. The molecule has 0 saturated heterocycles. The number of hydrogen-bond acceptors (Lipinski definition) is 2. The Morgan fingerprint density at radius 2 is 1.52 bits per heavy atom. The highest BCUT2D eigenvalue weighted by molar-refractivity contribution is 6.25. The molecule has 0 atom stereocenters. The fourth-order valence-corrected chi connectivity index (χ4v) is 1.80. The minimum Gasteiger partial charge on any atom is -0.365 e. The topological polar surface area (TPSA) is 72.2 Å². The first-order valence-corrected chi connectivity index (χ1v) is 7.51. The predicted molar refractivity (Wildman–Crippen MR) is 94.8 cm³/mol. The lowest BCUT2D eigenvalue weighted by Crippen LogP contribution is -2.25.